The molecule has 0 unspecified atom stereocenters. The third-order valence-electron chi connectivity index (χ3n) is 2.75. The topological polar surface area (TPSA) is 104 Å². The van der Waals surface area contributed by atoms with Crippen molar-refractivity contribution in [3.63, 3.8) is 0 Å². The zero-order chi connectivity index (χ0) is 15.6. The van der Waals surface area contributed by atoms with Gasteiger partial charge in [-0.05, 0) is 12.1 Å². The minimum absolute atomic E-state index is 0.0659. The van der Waals surface area contributed by atoms with Crippen LogP contribution in [0.1, 0.15) is 0 Å². The van der Waals surface area contributed by atoms with Gasteiger partial charge in [0, 0.05) is 11.6 Å². The number of aromatic nitrogens is 2. The van der Waals surface area contributed by atoms with Crippen molar-refractivity contribution in [2.45, 2.75) is 6.54 Å². The molecule has 0 saturated heterocycles. The number of aliphatic hydroxyl groups excluding tert-OH is 1. The molecular weight excluding hydrogens is 321 g/mol. The van der Waals surface area contributed by atoms with Gasteiger partial charge < -0.3 is 10.4 Å². The van der Waals surface area contributed by atoms with Crippen LogP contribution in [0, 0.1) is 0 Å². The van der Waals surface area contributed by atoms with Crippen LogP contribution in [0.4, 0.5) is 0 Å². The number of fused-ring (bicyclic) bond motifs is 1. The van der Waals surface area contributed by atoms with Crippen LogP contribution in [0.25, 0.3) is 10.9 Å². The molecule has 0 saturated carbocycles. The van der Waals surface area contributed by atoms with Gasteiger partial charge >= 0.3 is 5.69 Å². The van der Waals surface area contributed by atoms with E-state index in [9.17, 15) is 14.4 Å². The number of halogens is 2. The van der Waals surface area contributed by atoms with Crippen LogP contribution in [0.2, 0.25) is 10.0 Å². The van der Waals surface area contributed by atoms with Gasteiger partial charge in [0.25, 0.3) is 5.56 Å². The van der Waals surface area contributed by atoms with Crippen molar-refractivity contribution in [1.82, 2.24) is 14.9 Å². The smallest absolute Gasteiger partial charge is 0.329 e. The molecule has 0 fully saturated rings. The van der Waals surface area contributed by atoms with E-state index in [1.807, 2.05) is 0 Å². The summed E-state index contributed by atoms with van der Waals surface area (Å²) >= 11 is 11.8. The summed E-state index contributed by atoms with van der Waals surface area (Å²) in [7, 11) is 0. The molecule has 1 aromatic heterocycles. The Hall–Kier alpha value is -1.83. The molecule has 21 heavy (non-hydrogen) atoms. The summed E-state index contributed by atoms with van der Waals surface area (Å²) in [6, 6.07) is 2.76. The fraction of sp³-hybridized carbons (Fsp3) is 0.250. The summed E-state index contributed by atoms with van der Waals surface area (Å²) in [6.45, 7) is -0.482. The molecule has 0 atom stereocenters. The average molecular weight is 332 g/mol. The Labute approximate surface area is 128 Å². The number of benzene rings is 1. The van der Waals surface area contributed by atoms with Crippen molar-refractivity contribution in [3.05, 3.63) is 43.0 Å². The highest BCUT2D eigenvalue weighted by Crippen LogP contribution is 2.24. The van der Waals surface area contributed by atoms with Crippen molar-refractivity contribution in [2.24, 2.45) is 0 Å². The predicted octanol–water partition coefficient (Wildman–Crippen LogP) is 0.105. The number of nitrogens with zero attached hydrogens (tertiary/aromatic N) is 1. The second-order valence-corrected chi connectivity index (χ2v) is 5.04. The highest BCUT2D eigenvalue weighted by atomic mass is 35.5. The number of aromatic amines is 1. The minimum atomic E-state index is -0.745. The molecule has 1 heterocycles. The summed E-state index contributed by atoms with van der Waals surface area (Å²) < 4.78 is 1.06. The lowest BCUT2D eigenvalue weighted by atomic mass is 10.2. The molecule has 2 rings (SSSR count). The van der Waals surface area contributed by atoms with E-state index < -0.39 is 17.2 Å². The SMILES string of the molecule is O=C(Cn1c(=O)[nH]c(=O)c2c(Cl)cc(Cl)cc21)NCCO. The van der Waals surface area contributed by atoms with Crippen LogP contribution in [-0.2, 0) is 11.3 Å². The molecule has 1 amide bonds. The van der Waals surface area contributed by atoms with Gasteiger partial charge in [0.1, 0.15) is 6.54 Å². The first-order chi connectivity index (χ1) is 9.93. The number of amides is 1. The minimum Gasteiger partial charge on any atom is -0.395 e. The lowest BCUT2D eigenvalue weighted by molar-refractivity contribution is -0.121. The highest BCUT2D eigenvalue weighted by molar-refractivity contribution is 6.38. The van der Waals surface area contributed by atoms with Gasteiger partial charge in [-0.2, -0.15) is 0 Å². The van der Waals surface area contributed by atoms with Gasteiger partial charge in [-0.25, -0.2) is 4.79 Å². The van der Waals surface area contributed by atoms with E-state index in [0.717, 1.165) is 4.57 Å². The molecule has 1 aromatic carbocycles. The van der Waals surface area contributed by atoms with E-state index in [0.29, 0.717) is 0 Å². The van der Waals surface area contributed by atoms with E-state index in [4.69, 9.17) is 28.3 Å². The number of hydrogen-bond acceptors (Lipinski definition) is 4. The van der Waals surface area contributed by atoms with E-state index in [-0.39, 0.29) is 40.6 Å². The zero-order valence-corrected chi connectivity index (χ0v) is 12.2. The third-order valence-corrected chi connectivity index (χ3v) is 3.27. The van der Waals surface area contributed by atoms with E-state index >= 15 is 0 Å². The standard InChI is InChI=1S/C12H11Cl2N3O4/c13-6-3-7(14)10-8(4-6)17(12(21)16-11(10)20)5-9(19)15-1-2-18/h3-4,18H,1-2,5H2,(H,15,19)(H,16,20,21). The number of carbonyl (C=O) groups is 1. The van der Waals surface area contributed by atoms with Crippen molar-refractivity contribution in [2.75, 3.05) is 13.2 Å². The van der Waals surface area contributed by atoms with Gasteiger partial charge in [0.15, 0.2) is 0 Å². The molecule has 0 aliphatic rings. The quantitative estimate of drug-likeness (QED) is 0.739. The molecule has 0 aliphatic carbocycles. The Morgan fingerprint density at radius 1 is 1.33 bits per heavy atom. The monoisotopic (exact) mass is 331 g/mol. The van der Waals surface area contributed by atoms with Crippen molar-refractivity contribution < 1.29 is 9.90 Å². The maximum atomic E-state index is 11.9. The van der Waals surface area contributed by atoms with Gasteiger partial charge in [0.2, 0.25) is 5.91 Å². The van der Waals surface area contributed by atoms with Crippen LogP contribution in [0.5, 0.6) is 0 Å². The number of H-pyrrole nitrogens is 1. The lowest BCUT2D eigenvalue weighted by Crippen LogP contribution is -2.37. The van der Waals surface area contributed by atoms with Crippen molar-refractivity contribution in [1.29, 1.82) is 0 Å². The Morgan fingerprint density at radius 3 is 2.71 bits per heavy atom. The predicted molar refractivity (Wildman–Crippen MR) is 78.9 cm³/mol. The summed E-state index contributed by atoms with van der Waals surface area (Å²) in [5.41, 5.74) is -1.23. The third kappa shape index (κ3) is 3.26. The number of rotatable bonds is 4. The van der Waals surface area contributed by atoms with Crippen LogP contribution in [0.3, 0.4) is 0 Å². The van der Waals surface area contributed by atoms with E-state index in [2.05, 4.69) is 10.3 Å². The molecule has 112 valence electrons. The van der Waals surface area contributed by atoms with Crippen LogP contribution >= 0.6 is 23.2 Å². The maximum Gasteiger partial charge on any atom is 0.329 e. The van der Waals surface area contributed by atoms with Crippen molar-refractivity contribution >= 4 is 40.0 Å². The van der Waals surface area contributed by atoms with E-state index in [1.54, 1.807) is 0 Å². The second-order valence-electron chi connectivity index (χ2n) is 4.20. The first kappa shape index (κ1) is 15.6. The summed E-state index contributed by atoms with van der Waals surface area (Å²) in [6.07, 6.45) is 0. The molecule has 7 nitrogen and oxygen atoms in total. The van der Waals surface area contributed by atoms with Gasteiger partial charge in [-0.1, -0.05) is 23.2 Å². The molecule has 0 bridgehead atoms. The molecular formula is C12H11Cl2N3O4. The van der Waals surface area contributed by atoms with Crippen molar-refractivity contribution in [3.8, 4) is 0 Å². The fourth-order valence-corrected chi connectivity index (χ4v) is 2.45. The Balaban J connectivity index is 2.60. The molecule has 9 heteroatoms. The maximum absolute atomic E-state index is 11.9. The number of nitrogens with one attached hydrogen (secondary N) is 2. The summed E-state index contributed by atoms with van der Waals surface area (Å²) in [5.74, 6) is -0.490. The fourth-order valence-electron chi connectivity index (χ4n) is 1.89. The molecule has 2 aromatic rings. The van der Waals surface area contributed by atoms with Crippen LogP contribution < -0.4 is 16.6 Å². The Kier molecular flexibility index (Phi) is 4.66. The summed E-state index contributed by atoms with van der Waals surface area (Å²) in [5, 5.41) is 11.5. The van der Waals surface area contributed by atoms with Crippen LogP contribution in [0.15, 0.2) is 21.7 Å². The van der Waals surface area contributed by atoms with E-state index in [1.165, 1.54) is 12.1 Å². The van der Waals surface area contributed by atoms with Gasteiger partial charge in [-0.15, -0.1) is 0 Å². The summed E-state index contributed by atoms with van der Waals surface area (Å²) in [4.78, 5) is 37.5. The first-order valence-electron chi connectivity index (χ1n) is 5.93. The average Bonchev–Trinajstić information content (AvgIpc) is 2.39. The Bertz CT molecular complexity index is 812. The highest BCUT2D eigenvalue weighted by Gasteiger charge is 2.14. The number of carbonyl (C=O) groups excluding carboxylic acids is 1. The molecule has 0 aliphatic heterocycles. The second kappa shape index (κ2) is 6.30. The molecule has 0 spiro atoms. The van der Waals surface area contributed by atoms with Crippen LogP contribution in [-0.4, -0.2) is 33.7 Å². The number of hydrogen-bond donors (Lipinski definition) is 3. The van der Waals surface area contributed by atoms with Gasteiger partial charge in [-0.3, -0.25) is 19.1 Å². The normalized spacial score (nSPS) is 10.8. The largest absolute Gasteiger partial charge is 0.395 e. The number of aliphatic hydroxyl groups is 1. The Morgan fingerprint density at radius 2 is 2.05 bits per heavy atom. The first-order valence-corrected chi connectivity index (χ1v) is 6.69. The van der Waals surface area contributed by atoms with Gasteiger partial charge in [0.05, 0.1) is 22.5 Å². The zero-order valence-electron chi connectivity index (χ0n) is 10.7. The molecule has 0 radical (unpaired) electrons. The molecule has 3 N–H and O–H groups in total. The lowest BCUT2D eigenvalue weighted by Gasteiger charge is -2.10.